The third-order valence-corrected chi connectivity index (χ3v) is 10.2. The Morgan fingerprint density at radius 3 is 2.23 bits per heavy atom. The van der Waals surface area contributed by atoms with Crippen molar-refractivity contribution in [3.05, 3.63) is 47.0 Å². The van der Waals surface area contributed by atoms with Gasteiger partial charge in [0.25, 0.3) is 0 Å². The summed E-state index contributed by atoms with van der Waals surface area (Å²) >= 11 is 0. The Morgan fingerprint density at radius 2 is 1.74 bits per heavy atom. The van der Waals surface area contributed by atoms with Gasteiger partial charge in [-0.25, -0.2) is 4.79 Å². The predicted octanol–water partition coefficient (Wildman–Crippen LogP) is 6.41. The molecule has 1 fully saturated rings. The van der Waals surface area contributed by atoms with Crippen LogP contribution < -0.4 is 0 Å². The number of ether oxygens (including phenoxy) is 3. The number of esters is 1. The van der Waals surface area contributed by atoms with E-state index >= 15 is 0 Å². The quantitative estimate of drug-likeness (QED) is 0.243. The predicted molar refractivity (Wildman–Crippen MR) is 153 cm³/mol. The molecule has 6 nitrogen and oxygen atoms in total. The molecular weight excluding hydrogens is 492 g/mol. The van der Waals surface area contributed by atoms with Crippen LogP contribution in [0.3, 0.4) is 0 Å². The van der Waals surface area contributed by atoms with Crippen LogP contribution in [0.15, 0.2) is 41.5 Å². The van der Waals surface area contributed by atoms with Gasteiger partial charge in [-0.05, 0) is 61.6 Å². The summed E-state index contributed by atoms with van der Waals surface area (Å²) in [4.78, 5) is 27.6. The summed E-state index contributed by atoms with van der Waals surface area (Å²) in [6.07, 6.45) is 0.553. The molecule has 1 heterocycles. The normalized spacial score (nSPS) is 27.2. The fourth-order valence-corrected chi connectivity index (χ4v) is 7.12. The van der Waals surface area contributed by atoms with Gasteiger partial charge in [0.2, 0.25) is 0 Å². The third kappa shape index (κ3) is 5.75. The smallest absolute Gasteiger partial charge is 0.338 e. The van der Waals surface area contributed by atoms with E-state index in [0.717, 1.165) is 17.6 Å². The van der Waals surface area contributed by atoms with Crippen molar-refractivity contribution in [2.24, 2.45) is 28.1 Å². The molecule has 0 aromatic heterocycles. The maximum atomic E-state index is 14.5. The maximum absolute atomic E-state index is 14.5. The molecule has 1 N–H and O–H groups in total. The molecule has 0 amide bonds. The molecule has 1 unspecified atom stereocenters. The number of methoxy groups -OCH3 is 1. The molecule has 1 saturated heterocycles. The number of allylic oxidation sites excluding steroid dienone is 1. The largest absolute Gasteiger partial charge is 0.458 e. The van der Waals surface area contributed by atoms with Crippen LogP contribution in [-0.2, 0) is 19.0 Å². The van der Waals surface area contributed by atoms with Gasteiger partial charge in [-0.1, -0.05) is 72.2 Å². The Balaban J connectivity index is 2.03. The number of carbonyl (C=O) groups is 2. The van der Waals surface area contributed by atoms with Crippen LogP contribution in [0.5, 0.6) is 0 Å². The van der Waals surface area contributed by atoms with E-state index < -0.39 is 28.5 Å². The SMILES string of the molecule is CC[C@H](OC(=O)c1ccccc1)[C@]1(C)CC(C)C(C)=C([C@@H](OC)C(=O)[C@@](C)(CC2COC2)[C@@H](O)CC)C1(C)C. The standard InChI is InChI=1S/C33H50O6/c1-10-25(34)32(7,18-23-19-38-20-23)29(35)28(37-9)27-22(4)21(3)17-33(8,31(27,5)6)26(11-2)39-30(36)24-15-13-12-14-16-24/h12-16,21,23,25-26,28,34H,10-11,17-20H2,1-9H3/t21?,25-,26-,28+,32-,33-/m0/s1. The molecule has 1 aliphatic carbocycles. The molecule has 1 aromatic carbocycles. The summed E-state index contributed by atoms with van der Waals surface area (Å²) < 4.78 is 17.7. The van der Waals surface area contributed by atoms with E-state index in [-0.39, 0.29) is 29.7 Å². The zero-order valence-corrected chi connectivity index (χ0v) is 25.5. The summed E-state index contributed by atoms with van der Waals surface area (Å²) in [5.41, 5.74) is 0.664. The second-order valence-electron chi connectivity index (χ2n) is 12.8. The second-order valence-corrected chi connectivity index (χ2v) is 12.8. The van der Waals surface area contributed by atoms with Crippen molar-refractivity contribution in [3.63, 3.8) is 0 Å². The van der Waals surface area contributed by atoms with Crippen LogP contribution in [0.4, 0.5) is 0 Å². The first kappa shape index (κ1) is 31.5. The van der Waals surface area contributed by atoms with E-state index in [0.29, 0.717) is 38.0 Å². The van der Waals surface area contributed by atoms with Gasteiger partial charge in [0.1, 0.15) is 12.2 Å². The Hall–Kier alpha value is -2.02. The number of carbonyl (C=O) groups excluding carboxylic acids is 2. The first-order valence-corrected chi connectivity index (χ1v) is 14.6. The number of aliphatic hydroxyl groups excluding tert-OH is 1. The highest BCUT2D eigenvalue weighted by atomic mass is 16.5. The first-order chi connectivity index (χ1) is 18.3. The van der Waals surface area contributed by atoms with Crippen molar-refractivity contribution in [2.75, 3.05) is 20.3 Å². The van der Waals surface area contributed by atoms with Gasteiger partial charge in [-0.2, -0.15) is 0 Å². The van der Waals surface area contributed by atoms with Crippen molar-refractivity contribution in [2.45, 2.75) is 99.4 Å². The fraction of sp³-hybridized carbons (Fsp3) is 0.697. The van der Waals surface area contributed by atoms with Crippen molar-refractivity contribution in [3.8, 4) is 0 Å². The lowest BCUT2D eigenvalue weighted by atomic mass is 9.50. The number of hydrogen-bond acceptors (Lipinski definition) is 6. The zero-order valence-electron chi connectivity index (χ0n) is 25.5. The monoisotopic (exact) mass is 542 g/mol. The number of Topliss-reactive ketones (excluding diaryl/α,β-unsaturated/α-hetero) is 1. The summed E-state index contributed by atoms with van der Waals surface area (Å²) in [5.74, 6) is -0.00589. The summed E-state index contributed by atoms with van der Waals surface area (Å²) in [5, 5.41) is 11.2. The number of hydrogen-bond donors (Lipinski definition) is 1. The van der Waals surface area contributed by atoms with Gasteiger partial charge in [0.05, 0.1) is 30.3 Å². The van der Waals surface area contributed by atoms with Crippen LogP contribution in [0, 0.1) is 28.1 Å². The lowest BCUT2D eigenvalue weighted by Crippen LogP contribution is -2.56. The molecule has 39 heavy (non-hydrogen) atoms. The molecule has 0 spiro atoms. The molecule has 6 atom stereocenters. The molecule has 0 saturated carbocycles. The molecule has 6 heteroatoms. The molecule has 0 radical (unpaired) electrons. The maximum Gasteiger partial charge on any atom is 0.338 e. The van der Waals surface area contributed by atoms with Crippen molar-refractivity contribution in [1.29, 1.82) is 0 Å². The first-order valence-electron chi connectivity index (χ1n) is 14.6. The lowest BCUT2D eigenvalue weighted by molar-refractivity contribution is -0.151. The average Bonchev–Trinajstić information content (AvgIpc) is 2.90. The van der Waals surface area contributed by atoms with Crippen LogP contribution in [0.2, 0.25) is 0 Å². The van der Waals surface area contributed by atoms with Gasteiger partial charge in [-0.3, -0.25) is 4.79 Å². The lowest BCUT2D eigenvalue weighted by Gasteiger charge is -2.56. The molecule has 218 valence electrons. The van der Waals surface area contributed by atoms with Gasteiger partial charge in [0, 0.05) is 18.4 Å². The summed E-state index contributed by atoms with van der Waals surface area (Å²) in [6.45, 7) is 17.9. The summed E-state index contributed by atoms with van der Waals surface area (Å²) in [7, 11) is 1.59. The Bertz CT molecular complexity index is 1040. The molecule has 3 rings (SSSR count). The van der Waals surface area contributed by atoms with Gasteiger partial charge in [0.15, 0.2) is 5.78 Å². The molecule has 1 aromatic rings. The number of rotatable bonds is 12. The Morgan fingerprint density at radius 1 is 1.13 bits per heavy atom. The Kier molecular flexibility index (Phi) is 9.89. The second kappa shape index (κ2) is 12.2. The zero-order chi connectivity index (χ0) is 29.2. The van der Waals surface area contributed by atoms with Gasteiger partial charge in [-0.15, -0.1) is 0 Å². The minimum absolute atomic E-state index is 0.0838. The van der Waals surface area contributed by atoms with Crippen molar-refractivity contribution in [1.82, 2.24) is 0 Å². The average molecular weight is 543 g/mol. The number of aliphatic hydroxyl groups is 1. The van der Waals surface area contributed by atoms with Crippen LogP contribution in [0.25, 0.3) is 0 Å². The van der Waals surface area contributed by atoms with E-state index in [1.165, 1.54) is 0 Å². The van der Waals surface area contributed by atoms with Gasteiger partial charge < -0.3 is 19.3 Å². The minimum Gasteiger partial charge on any atom is -0.458 e. The Labute approximate surface area is 235 Å². The number of ketones is 1. The highest BCUT2D eigenvalue weighted by molar-refractivity contribution is 5.92. The van der Waals surface area contributed by atoms with E-state index in [4.69, 9.17) is 14.2 Å². The van der Waals surface area contributed by atoms with E-state index in [9.17, 15) is 14.7 Å². The van der Waals surface area contributed by atoms with Crippen LogP contribution in [0.1, 0.15) is 91.4 Å². The van der Waals surface area contributed by atoms with E-state index in [2.05, 4.69) is 34.6 Å². The third-order valence-electron chi connectivity index (χ3n) is 10.2. The van der Waals surface area contributed by atoms with Crippen molar-refractivity contribution >= 4 is 11.8 Å². The molecule has 2 aliphatic rings. The molecule has 1 aliphatic heterocycles. The highest BCUT2D eigenvalue weighted by Gasteiger charge is 2.57. The minimum atomic E-state index is -0.964. The van der Waals surface area contributed by atoms with E-state index in [1.54, 1.807) is 19.2 Å². The van der Waals surface area contributed by atoms with Crippen molar-refractivity contribution < 1.29 is 28.9 Å². The van der Waals surface area contributed by atoms with Gasteiger partial charge >= 0.3 is 5.97 Å². The molecule has 0 bridgehead atoms. The fourth-order valence-electron chi connectivity index (χ4n) is 7.12. The molecular formula is C33H50O6. The van der Waals surface area contributed by atoms with Crippen LogP contribution in [-0.4, -0.2) is 55.5 Å². The number of benzene rings is 1. The highest BCUT2D eigenvalue weighted by Crippen LogP contribution is 2.59. The van der Waals surface area contributed by atoms with Crippen LogP contribution >= 0.6 is 0 Å². The van der Waals surface area contributed by atoms with E-state index in [1.807, 2.05) is 39.0 Å². The summed E-state index contributed by atoms with van der Waals surface area (Å²) in [6, 6.07) is 9.09. The topological polar surface area (TPSA) is 82.1 Å².